The number of hydrogen-bond acceptors (Lipinski definition) is 7. The van der Waals surface area contributed by atoms with Gasteiger partial charge in [0.15, 0.2) is 0 Å². The predicted octanol–water partition coefficient (Wildman–Crippen LogP) is 3.97. The third-order valence-electron chi connectivity index (χ3n) is 3.74. The average Bonchev–Trinajstić information content (AvgIpc) is 3.16. The number of hydrogen-bond donors (Lipinski definition) is 2. The number of carboxylic acid groups (broad SMARTS) is 1. The molecule has 1 aromatic heterocycles. The smallest absolute Gasteiger partial charge is 0.336 e. The van der Waals surface area contributed by atoms with E-state index < -0.39 is 5.97 Å². The molecule has 0 radical (unpaired) electrons. The van der Waals surface area contributed by atoms with Crippen LogP contribution in [-0.4, -0.2) is 36.5 Å². The van der Waals surface area contributed by atoms with E-state index in [1.165, 1.54) is 23.6 Å². The SMILES string of the molecule is COc1ccc(-c2csc(N/N=C\c3ccccc3C(=O)O)n2)c(OC)c1. The van der Waals surface area contributed by atoms with E-state index in [2.05, 4.69) is 15.5 Å². The number of aromatic nitrogens is 1. The molecule has 0 spiro atoms. The first-order valence-corrected chi connectivity index (χ1v) is 8.79. The monoisotopic (exact) mass is 383 g/mol. The minimum atomic E-state index is -1.000. The second-order valence-corrected chi connectivity index (χ2v) is 6.22. The predicted molar refractivity (Wildman–Crippen MR) is 105 cm³/mol. The van der Waals surface area contributed by atoms with Crippen molar-refractivity contribution in [3.63, 3.8) is 0 Å². The summed E-state index contributed by atoms with van der Waals surface area (Å²) in [7, 11) is 3.19. The van der Waals surface area contributed by atoms with Crippen molar-refractivity contribution < 1.29 is 19.4 Å². The first-order chi connectivity index (χ1) is 13.1. The summed E-state index contributed by atoms with van der Waals surface area (Å²) in [5, 5.41) is 15.7. The van der Waals surface area contributed by atoms with Gasteiger partial charge in [-0.1, -0.05) is 18.2 Å². The Morgan fingerprint density at radius 2 is 2.04 bits per heavy atom. The number of thiazole rings is 1. The minimum Gasteiger partial charge on any atom is -0.497 e. The molecule has 0 saturated carbocycles. The lowest BCUT2D eigenvalue weighted by atomic mass is 10.1. The van der Waals surface area contributed by atoms with Crippen LogP contribution in [0, 0.1) is 0 Å². The molecule has 0 aliphatic rings. The number of nitrogens with zero attached hydrogens (tertiary/aromatic N) is 2. The summed E-state index contributed by atoms with van der Waals surface area (Å²) in [6.07, 6.45) is 1.46. The van der Waals surface area contributed by atoms with Crippen LogP contribution < -0.4 is 14.9 Å². The van der Waals surface area contributed by atoms with Crippen molar-refractivity contribution >= 4 is 28.7 Å². The van der Waals surface area contributed by atoms with Gasteiger partial charge in [-0.05, 0) is 18.2 Å². The molecule has 3 rings (SSSR count). The van der Waals surface area contributed by atoms with Crippen LogP contribution in [0.3, 0.4) is 0 Å². The molecule has 0 fully saturated rings. The zero-order chi connectivity index (χ0) is 19.2. The van der Waals surface area contributed by atoms with Crippen LogP contribution in [0.15, 0.2) is 52.9 Å². The summed E-state index contributed by atoms with van der Waals surface area (Å²) < 4.78 is 10.6. The molecule has 1 heterocycles. The van der Waals surface area contributed by atoms with Gasteiger partial charge in [-0.3, -0.25) is 5.43 Å². The highest BCUT2D eigenvalue weighted by Gasteiger charge is 2.11. The number of ether oxygens (including phenoxy) is 2. The summed E-state index contributed by atoms with van der Waals surface area (Å²) in [5.41, 5.74) is 5.09. The normalized spacial score (nSPS) is 10.7. The van der Waals surface area contributed by atoms with Crippen LogP contribution in [0.5, 0.6) is 11.5 Å². The molecule has 0 atom stereocenters. The molecule has 8 heteroatoms. The van der Waals surface area contributed by atoms with Crippen LogP contribution >= 0.6 is 11.3 Å². The van der Waals surface area contributed by atoms with Crippen molar-refractivity contribution in [3.8, 4) is 22.8 Å². The van der Waals surface area contributed by atoms with Crippen molar-refractivity contribution in [1.29, 1.82) is 0 Å². The fourth-order valence-electron chi connectivity index (χ4n) is 2.42. The molecule has 0 bridgehead atoms. The molecule has 0 aliphatic carbocycles. The fourth-order valence-corrected chi connectivity index (χ4v) is 3.08. The number of hydrazone groups is 1. The maximum Gasteiger partial charge on any atom is 0.336 e. The molecule has 2 aromatic carbocycles. The Kier molecular flexibility index (Phi) is 5.68. The maximum absolute atomic E-state index is 11.2. The first-order valence-electron chi connectivity index (χ1n) is 7.91. The second-order valence-electron chi connectivity index (χ2n) is 5.37. The molecule has 27 heavy (non-hydrogen) atoms. The Morgan fingerprint density at radius 3 is 2.78 bits per heavy atom. The highest BCUT2D eigenvalue weighted by Crippen LogP contribution is 2.34. The van der Waals surface area contributed by atoms with Gasteiger partial charge in [-0.25, -0.2) is 9.78 Å². The maximum atomic E-state index is 11.2. The molecule has 3 aromatic rings. The fraction of sp³-hybridized carbons (Fsp3) is 0.105. The summed E-state index contributed by atoms with van der Waals surface area (Å²) in [6.45, 7) is 0. The van der Waals surface area contributed by atoms with Gasteiger partial charge in [-0.2, -0.15) is 5.10 Å². The summed E-state index contributed by atoms with van der Waals surface area (Å²) in [4.78, 5) is 15.7. The number of methoxy groups -OCH3 is 2. The van der Waals surface area contributed by atoms with Crippen LogP contribution in [0.1, 0.15) is 15.9 Å². The molecule has 0 saturated heterocycles. The number of anilines is 1. The summed E-state index contributed by atoms with van der Waals surface area (Å²) in [6, 6.07) is 12.1. The number of carboxylic acids is 1. The molecule has 0 amide bonds. The van der Waals surface area contributed by atoms with Gasteiger partial charge in [0.2, 0.25) is 5.13 Å². The lowest BCUT2D eigenvalue weighted by molar-refractivity contribution is 0.0696. The van der Waals surface area contributed by atoms with Gasteiger partial charge in [-0.15, -0.1) is 11.3 Å². The van der Waals surface area contributed by atoms with Gasteiger partial charge < -0.3 is 14.6 Å². The number of nitrogens with one attached hydrogen (secondary N) is 1. The second kappa shape index (κ2) is 8.33. The van der Waals surface area contributed by atoms with E-state index in [0.29, 0.717) is 22.2 Å². The van der Waals surface area contributed by atoms with Gasteiger partial charge in [0.25, 0.3) is 0 Å². The minimum absolute atomic E-state index is 0.186. The lowest BCUT2D eigenvalue weighted by Gasteiger charge is -2.08. The van der Waals surface area contributed by atoms with E-state index >= 15 is 0 Å². The first kappa shape index (κ1) is 18.4. The third kappa shape index (κ3) is 4.24. The Balaban J connectivity index is 1.77. The van der Waals surface area contributed by atoms with Gasteiger partial charge in [0.1, 0.15) is 11.5 Å². The van der Waals surface area contributed by atoms with Crippen molar-refractivity contribution in [3.05, 3.63) is 59.0 Å². The Bertz CT molecular complexity index is 985. The Hall–Kier alpha value is -3.39. The standard InChI is InChI=1S/C19H17N3O4S/c1-25-13-7-8-15(17(9-13)26-2)16-11-27-19(21-16)22-20-10-12-5-3-4-6-14(12)18(23)24/h3-11H,1-2H3,(H,21,22)(H,23,24)/b20-10-. The molecule has 7 nitrogen and oxygen atoms in total. The molecule has 2 N–H and O–H groups in total. The molecule has 0 unspecified atom stereocenters. The van der Waals surface area contributed by atoms with E-state index in [1.807, 2.05) is 17.5 Å². The van der Waals surface area contributed by atoms with E-state index in [4.69, 9.17) is 9.47 Å². The van der Waals surface area contributed by atoms with Crippen LogP contribution in [-0.2, 0) is 0 Å². The topological polar surface area (TPSA) is 93.0 Å². The third-order valence-corrected chi connectivity index (χ3v) is 4.49. The molecular formula is C19H17N3O4S. The number of benzene rings is 2. The highest BCUT2D eigenvalue weighted by atomic mass is 32.1. The average molecular weight is 383 g/mol. The lowest BCUT2D eigenvalue weighted by Crippen LogP contribution is -2.02. The Labute approximate surface area is 159 Å². The van der Waals surface area contributed by atoms with Crippen molar-refractivity contribution in [2.75, 3.05) is 19.6 Å². The van der Waals surface area contributed by atoms with Gasteiger partial charge in [0, 0.05) is 22.6 Å². The Morgan fingerprint density at radius 1 is 1.22 bits per heavy atom. The highest BCUT2D eigenvalue weighted by molar-refractivity contribution is 7.14. The van der Waals surface area contributed by atoms with E-state index in [9.17, 15) is 9.90 Å². The van der Waals surface area contributed by atoms with E-state index in [1.54, 1.807) is 38.5 Å². The van der Waals surface area contributed by atoms with Crippen molar-refractivity contribution in [2.45, 2.75) is 0 Å². The van der Waals surface area contributed by atoms with Crippen molar-refractivity contribution in [2.24, 2.45) is 5.10 Å². The van der Waals surface area contributed by atoms with Gasteiger partial charge >= 0.3 is 5.97 Å². The summed E-state index contributed by atoms with van der Waals surface area (Å²) in [5.74, 6) is 0.358. The number of aromatic carboxylic acids is 1. The molecule has 138 valence electrons. The van der Waals surface area contributed by atoms with Crippen LogP contribution in [0.25, 0.3) is 11.3 Å². The number of rotatable bonds is 7. The number of carbonyl (C=O) groups is 1. The largest absolute Gasteiger partial charge is 0.497 e. The van der Waals surface area contributed by atoms with Crippen LogP contribution in [0.4, 0.5) is 5.13 Å². The van der Waals surface area contributed by atoms with Crippen molar-refractivity contribution in [1.82, 2.24) is 4.98 Å². The quantitative estimate of drug-likeness (QED) is 0.474. The summed E-state index contributed by atoms with van der Waals surface area (Å²) >= 11 is 1.38. The van der Waals surface area contributed by atoms with E-state index in [0.717, 1.165) is 11.3 Å². The molecule has 0 aliphatic heterocycles. The zero-order valence-electron chi connectivity index (χ0n) is 14.7. The van der Waals surface area contributed by atoms with Gasteiger partial charge in [0.05, 0.1) is 31.7 Å². The van der Waals surface area contributed by atoms with Crippen LogP contribution in [0.2, 0.25) is 0 Å². The molecular weight excluding hydrogens is 366 g/mol. The zero-order valence-corrected chi connectivity index (χ0v) is 15.5. The van der Waals surface area contributed by atoms with E-state index in [-0.39, 0.29) is 5.56 Å².